The van der Waals surface area contributed by atoms with Crippen LogP contribution in [0.25, 0.3) is 0 Å². The molecular weight excluding hydrogens is 322 g/mol. The molecule has 8 heteroatoms. The minimum atomic E-state index is -2.99. The number of carbonyl (C=O) groups excluding carboxylic acids is 1. The third-order valence-corrected chi connectivity index (χ3v) is 5.76. The summed E-state index contributed by atoms with van der Waals surface area (Å²) in [5.41, 5.74) is 1.14. The second-order valence-corrected chi connectivity index (χ2v) is 7.47. The second kappa shape index (κ2) is 4.65. The molecule has 0 saturated carbocycles. The number of amides is 1. The number of rotatable bonds is 2. The Morgan fingerprint density at radius 2 is 2.22 bits per heavy atom. The highest BCUT2D eigenvalue weighted by molar-refractivity contribution is 9.10. The molecule has 1 aromatic heterocycles. The van der Waals surface area contributed by atoms with Gasteiger partial charge in [0.1, 0.15) is 0 Å². The van der Waals surface area contributed by atoms with Crippen LogP contribution in [0.1, 0.15) is 22.6 Å². The zero-order chi connectivity index (χ0) is 13.5. The van der Waals surface area contributed by atoms with Gasteiger partial charge in [-0.2, -0.15) is 5.10 Å². The maximum Gasteiger partial charge on any atom is 0.273 e. The van der Waals surface area contributed by atoms with Gasteiger partial charge in [0.15, 0.2) is 15.5 Å². The smallest absolute Gasteiger partial charge is 0.273 e. The average Bonchev–Trinajstić information content (AvgIpc) is 2.73. The molecule has 0 radical (unpaired) electrons. The van der Waals surface area contributed by atoms with E-state index in [0.717, 1.165) is 5.69 Å². The van der Waals surface area contributed by atoms with Gasteiger partial charge in [0, 0.05) is 13.1 Å². The molecule has 1 aliphatic rings. The van der Waals surface area contributed by atoms with Crippen LogP contribution in [0.3, 0.4) is 0 Å². The van der Waals surface area contributed by atoms with E-state index in [-0.39, 0.29) is 23.5 Å². The molecule has 2 rings (SSSR count). The first-order chi connectivity index (χ1) is 8.30. The highest BCUT2D eigenvalue weighted by atomic mass is 79.9. The van der Waals surface area contributed by atoms with Crippen molar-refractivity contribution >= 4 is 31.7 Å². The molecule has 1 saturated heterocycles. The van der Waals surface area contributed by atoms with E-state index in [0.29, 0.717) is 16.6 Å². The number of halogens is 1. The monoisotopic (exact) mass is 335 g/mol. The van der Waals surface area contributed by atoms with Crippen molar-refractivity contribution in [2.45, 2.75) is 19.4 Å². The first kappa shape index (κ1) is 13.5. The standard InChI is InChI=1S/C10H14BrN3O3S/c1-6-8(11)9(13-14(6)2)10(15)12-7-3-4-18(16,17)5-7/h7H,3-5H2,1-2H3,(H,12,15)/t7-/m0/s1. The fourth-order valence-corrected chi connectivity index (χ4v) is 4.08. The lowest BCUT2D eigenvalue weighted by atomic mass is 10.2. The van der Waals surface area contributed by atoms with Gasteiger partial charge in [0.2, 0.25) is 0 Å². The summed E-state index contributed by atoms with van der Waals surface area (Å²) in [4.78, 5) is 12.0. The maximum atomic E-state index is 12.0. The van der Waals surface area contributed by atoms with E-state index in [1.807, 2.05) is 6.92 Å². The highest BCUT2D eigenvalue weighted by Gasteiger charge is 2.30. The molecule has 0 aromatic carbocycles. The van der Waals surface area contributed by atoms with Crippen molar-refractivity contribution in [3.05, 3.63) is 15.9 Å². The Hall–Kier alpha value is -0.890. The van der Waals surface area contributed by atoms with E-state index in [1.165, 1.54) is 0 Å². The van der Waals surface area contributed by atoms with Crippen LogP contribution in [0.4, 0.5) is 0 Å². The number of aromatic nitrogens is 2. The Labute approximate surface area is 114 Å². The topological polar surface area (TPSA) is 81.1 Å². The second-order valence-electron chi connectivity index (χ2n) is 4.45. The number of hydrogen-bond donors (Lipinski definition) is 1. The van der Waals surface area contributed by atoms with Crippen molar-refractivity contribution in [1.29, 1.82) is 0 Å². The summed E-state index contributed by atoms with van der Waals surface area (Å²) < 4.78 is 24.9. The van der Waals surface area contributed by atoms with E-state index in [1.54, 1.807) is 11.7 Å². The molecule has 2 heterocycles. The first-order valence-corrected chi connectivity index (χ1v) is 8.12. The van der Waals surface area contributed by atoms with E-state index in [4.69, 9.17) is 0 Å². The Bertz CT molecular complexity index is 594. The quantitative estimate of drug-likeness (QED) is 0.848. The fourth-order valence-electron chi connectivity index (χ4n) is 1.89. The number of carbonyl (C=O) groups is 1. The fraction of sp³-hybridized carbons (Fsp3) is 0.600. The van der Waals surface area contributed by atoms with Crippen LogP contribution >= 0.6 is 15.9 Å². The molecule has 6 nitrogen and oxygen atoms in total. The van der Waals surface area contributed by atoms with Crippen LogP contribution in [-0.4, -0.2) is 41.7 Å². The molecule has 0 spiro atoms. The lowest BCUT2D eigenvalue weighted by Crippen LogP contribution is -2.36. The summed E-state index contributed by atoms with van der Waals surface area (Å²) in [6.07, 6.45) is 0.470. The van der Waals surface area contributed by atoms with Crippen LogP contribution in [0.15, 0.2) is 4.47 Å². The lowest BCUT2D eigenvalue weighted by Gasteiger charge is -2.09. The number of hydrogen-bond acceptors (Lipinski definition) is 4. The van der Waals surface area contributed by atoms with Gasteiger partial charge in [-0.15, -0.1) is 0 Å². The molecule has 18 heavy (non-hydrogen) atoms. The van der Waals surface area contributed by atoms with Crippen LogP contribution < -0.4 is 5.32 Å². The zero-order valence-electron chi connectivity index (χ0n) is 10.1. The highest BCUT2D eigenvalue weighted by Crippen LogP contribution is 2.20. The normalized spacial score (nSPS) is 22.1. The molecule has 1 N–H and O–H groups in total. The van der Waals surface area contributed by atoms with Crippen molar-refractivity contribution < 1.29 is 13.2 Å². The van der Waals surface area contributed by atoms with Crippen molar-refractivity contribution in [3.63, 3.8) is 0 Å². The molecule has 0 aliphatic carbocycles. The Kier molecular flexibility index (Phi) is 3.50. The summed E-state index contributed by atoms with van der Waals surface area (Å²) in [7, 11) is -1.24. The maximum absolute atomic E-state index is 12.0. The average molecular weight is 336 g/mol. The Morgan fingerprint density at radius 1 is 1.56 bits per heavy atom. The van der Waals surface area contributed by atoms with Crippen molar-refractivity contribution in [2.24, 2.45) is 7.05 Å². The minimum absolute atomic E-state index is 0.0160. The summed E-state index contributed by atoms with van der Waals surface area (Å²) in [5.74, 6) is -0.185. The molecule has 1 amide bonds. The van der Waals surface area contributed by atoms with Crippen molar-refractivity contribution in [2.75, 3.05) is 11.5 Å². The van der Waals surface area contributed by atoms with Gasteiger partial charge in [0.05, 0.1) is 21.7 Å². The van der Waals surface area contributed by atoms with Gasteiger partial charge < -0.3 is 5.32 Å². The predicted octanol–water partition coefficient (Wildman–Crippen LogP) is 0.408. The number of nitrogens with one attached hydrogen (secondary N) is 1. The van der Waals surface area contributed by atoms with Crippen molar-refractivity contribution in [1.82, 2.24) is 15.1 Å². The zero-order valence-corrected chi connectivity index (χ0v) is 12.5. The molecule has 1 fully saturated rings. The van der Waals surface area contributed by atoms with Gasteiger partial charge in [-0.1, -0.05) is 0 Å². The molecule has 0 unspecified atom stereocenters. The summed E-state index contributed by atoms with van der Waals surface area (Å²) >= 11 is 3.31. The van der Waals surface area contributed by atoms with Crippen LogP contribution in [0, 0.1) is 6.92 Å². The summed E-state index contributed by atoms with van der Waals surface area (Å²) in [6.45, 7) is 1.84. The minimum Gasteiger partial charge on any atom is -0.347 e. The Balaban J connectivity index is 2.11. The molecule has 100 valence electrons. The Morgan fingerprint density at radius 3 is 2.67 bits per heavy atom. The first-order valence-electron chi connectivity index (χ1n) is 5.50. The van der Waals surface area contributed by atoms with Gasteiger partial charge in [-0.25, -0.2) is 8.42 Å². The van der Waals surface area contributed by atoms with Crippen molar-refractivity contribution in [3.8, 4) is 0 Å². The van der Waals surface area contributed by atoms with Gasteiger partial charge in [-0.3, -0.25) is 9.48 Å². The van der Waals surface area contributed by atoms with Crippen LogP contribution in [0.5, 0.6) is 0 Å². The molecule has 1 aliphatic heterocycles. The van der Waals surface area contributed by atoms with Gasteiger partial charge >= 0.3 is 0 Å². The molecule has 0 bridgehead atoms. The molecular formula is C10H14BrN3O3S. The predicted molar refractivity (Wildman–Crippen MR) is 70.2 cm³/mol. The van der Waals surface area contributed by atoms with E-state index in [2.05, 4.69) is 26.3 Å². The number of sulfone groups is 1. The van der Waals surface area contributed by atoms with Crippen LogP contribution in [-0.2, 0) is 16.9 Å². The van der Waals surface area contributed by atoms with E-state index >= 15 is 0 Å². The van der Waals surface area contributed by atoms with E-state index in [9.17, 15) is 13.2 Å². The largest absolute Gasteiger partial charge is 0.347 e. The lowest BCUT2D eigenvalue weighted by molar-refractivity contribution is 0.0934. The van der Waals surface area contributed by atoms with Gasteiger partial charge in [0.25, 0.3) is 5.91 Å². The summed E-state index contributed by atoms with van der Waals surface area (Å²) in [6, 6.07) is -0.309. The third-order valence-electron chi connectivity index (χ3n) is 3.04. The number of aryl methyl sites for hydroxylation is 1. The van der Waals surface area contributed by atoms with Gasteiger partial charge in [-0.05, 0) is 29.3 Å². The molecule has 1 atom stereocenters. The van der Waals surface area contributed by atoms with Crippen LogP contribution in [0.2, 0.25) is 0 Å². The summed E-state index contributed by atoms with van der Waals surface area (Å²) in [5, 5.41) is 6.80. The van der Waals surface area contributed by atoms with E-state index < -0.39 is 9.84 Å². The third kappa shape index (κ3) is 2.59. The SMILES string of the molecule is Cc1c(Br)c(C(=O)N[C@H]2CCS(=O)(=O)C2)nn1C. The molecule has 1 aromatic rings. The number of nitrogens with zero attached hydrogens (tertiary/aromatic N) is 2.